The largest absolute Gasteiger partial charge is 0.385 e. The molecule has 5 nitrogen and oxygen atoms in total. The summed E-state index contributed by atoms with van der Waals surface area (Å²) in [7, 11) is 0. The van der Waals surface area contributed by atoms with Crippen molar-refractivity contribution in [2.45, 2.75) is 5.16 Å². The molecule has 110 valence electrons. The SMILES string of the molecule is O=C(CSc1nc[nH][n+]1-c1ccccc1)Nc1ccccc1. The molecule has 1 aromatic heterocycles. The summed E-state index contributed by atoms with van der Waals surface area (Å²) in [6.45, 7) is 0. The van der Waals surface area contributed by atoms with E-state index < -0.39 is 0 Å². The quantitative estimate of drug-likeness (QED) is 0.562. The van der Waals surface area contributed by atoms with Gasteiger partial charge in [0, 0.05) is 5.69 Å². The Morgan fingerprint density at radius 1 is 1.09 bits per heavy atom. The van der Waals surface area contributed by atoms with Gasteiger partial charge in [-0.3, -0.25) is 4.79 Å². The topological polar surface area (TPSA) is 61.7 Å². The summed E-state index contributed by atoms with van der Waals surface area (Å²) in [5.41, 5.74) is 1.78. The highest BCUT2D eigenvalue weighted by Gasteiger charge is 2.18. The van der Waals surface area contributed by atoms with Gasteiger partial charge in [-0.25, -0.2) is 0 Å². The van der Waals surface area contributed by atoms with Crippen LogP contribution >= 0.6 is 11.8 Å². The lowest BCUT2D eigenvalue weighted by Crippen LogP contribution is -2.35. The number of aromatic nitrogens is 3. The molecule has 0 atom stereocenters. The normalized spacial score (nSPS) is 10.4. The zero-order valence-electron chi connectivity index (χ0n) is 11.8. The van der Waals surface area contributed by atoms with Crippen LogP contribution in [0.1, 0.15) is 0 Å². The van der Waals surface area contributed by atoms with Crippen molar-refractivity contribution in [3.63, 3.8) is 0 Å². The van der Waals surface area contributed by atoms with E-state index in [0.29, 0.717) is 5.75 Å². The van der Waals surface area contributed by atoms with Gasteiger partial charge in [0.25, 0.3) is 0 Å². The van der Waals surface area contributed by atoms with Gasteiger partial charge in [0.05, 0.1) is 5.75 Å². The molecule has 0 aliphatic heterocycles. The number of thioether (sulfide) groups is 1. The van der Waals surface area contributed by atoms with Crippen LogP contribution in [-0.2, 0) is 4.79 Å². The molecule has 0 spiro atoms. The number of nitrogens with zero attached hydrogens (tertiary/aromatic N) is 2. The smallest absolute Gasteiger partial charge is 0.325 e. The molecule has 0 unspecified atom stereocenters. The maximum Gasteiger partial charge on any atom is 0.385 e. The molecular weight excluding hydrogens is 296 g/mol. The van der Waals surface area contributed by atoms with Gasteiger partial charge in [0.1, 0.15) is 0 Å². The fraction of sp³-hybridized carbons (Fsp3) is 0.0625. The van der Waals surface area contributed by atoms with E-state index in [-0.39, 0.29) is 5.91 Å². The van der Waals surface area contributed by atoms with Crippen molar-refractivity contribution in [1.82, 2.24) is 10.1 Å². The van der Waals surface area contributed by atoms with Gasteiger partial charge in [0.2, 0.25) is 12.2 Å². The van der Waals surface area contributed by atoms with E-state index in [1.807, 2.05) is 65.3 Å². The van der Waals surface area contributed by atoms with Crippen molar-refractivity contribution in [1.29, 1.82) is 0 Å². The van der Waals surface area contributed by atoms with E-state index in [9.17, 15) is 4.79 Å². The predicted octanol–water partition coefficient (Wildman–Crippen LogP) is 2.42. The fourth-order valence-electron chi connectivity index (χ4n) is 1.97. The van der Waals surface area contributed by atoms with Crippen LogP contribution in [0.15, 0.2) is 72.1 Å². The first kappa shape index (κ1) is 14.3. The van der Waals surface area contributed by atoms with Gasteiger partial charge >= 0.3 is 5.16 Å². The predicted molar refractivity (Wildman–Crippen MR) is 85.9 cm³/mol. The Morgan fingerprint density at radius 2 is 1.77 bits per heavy atom. The summed E-state index contributed by atoms with van der Waals surface area (Å²) in [6.07, 6.45) is 1.62. The monoisotopic (exact) mass is 311 g/mol. The average molecular weight is 311 g/mol. The first-order valence-corrected chi connectivity index (χ1v) is 7.80. The average Bonchev–Trinajstić information content (AvgIpc) is 3.03. The number of nitrogens with one attached hydrogen (secondary N) is 2. The molecule has 6 heteroatoms. The van der Waals surface area contributed by atoms with E-state index >= 15 is 0 Å². The van der Waals surface area contributed by atoms with Gasteiger partial charge in [-0.1, -0.05) is 36.4 Å². The Morgan fingerprint density at radius 3 is 2.50 bits per heavy atom. The van der Waals surface area contributed by atoms with E-state index in [0.717, 1.165) is 16.5 Å². The van der Waals surface area contributed by atoms with Crippen molar-refractivity contribution in [3.8, 4) is 5.69 Å². The number of para-hydroxylation sites is 2. The van der Waals surface area contributed by atoms with Crippen LogP contribution in [0, 0.1) is 0 Å². The molecule has 1 heterocycles. The van der Waals surface area contributed by atoms with E-state index in [1.54, 1.807) is 6.33 Å². The standard InChI is InChI=1S/C16H14N4OS/c21-15(19-13-7-3-1-4-8-13)11-22-16-17-12-18-20(16)14-9-5-2-6-10-14/h1-10,12H,11H2,(H,19,21)/p+1. The molecule has 2 aromatic carbocycles. The molecule has 3 aromatic rings. The summed E-state index contributed by atoms with van der Waals surface area (Å²) < 4.78 is 1.85. The maximum absolute atomic E-state index is 12.0. The highest BCUT2D eigenvalue weighted by Crippen LogP contribution is 2.13. The number of benzene rings is 2. The van der Waals surface area contributed by atoms with Crippen LogP contribution in [0.3, 0.4) is 0 Å². The van der Waals surface area contributed by atoms with Gasteiger partial charge in [-0.15, -0.1) is 4.68 Å². The summed E-state index contributed by atoms with van der Waals surface area (Å²) in [5.74, 6) is 0.242. The van der Waals surface area contributed by atoms with Crippen molar-refractivity contribution < 1.29 is 9.48 Å². The van der Waals surface area contributed by atoms with E-state index in [4.69, 9.17) is 0 Å². The Labute approximate surface area is 132 Å². The van der Waals surface area contributed by atoms with Crippen LogP contribution in [0.2, 0.25) is 0 Å². The Bertz CT molecular complexity index is 743. The van der Waals surface area contributed by atoms with E-state index in [1.165, 1.54) is 11.8 Å². The second-order valence-electron chi connectivity index (χ2n) is 4.54. The minimum Gasteiger partial charge on any atom is -0.325 e. The summed E-state index contributed by atoms with van der Waals surface area (Å²) in [4.78, 5) is 16.2. The maximum atomic E-state index is 12.0. The second-order valence-corrected chi connectivity index (χ2v) is 5.49. The van der Waals surface area contributed by atoms with Gasteiger partial charge < -0.3 is 5.32 Å². The molecule has 1 amide bonds. The highest BCUT2D eigenvalue weighted by atomic mass is 32.2. The number of hydrogen-bond donors (Lipinski definition) is 2. The number of aromatic amines is 1. The number of anilines is 1. The Hall–Kier alpha value is -2.60. The molecule has 0 radical (unpaired) electrons. The molecule has 0 saturated heterocycles. The first-order chi connectivity index (χ1) is 10.8. The van der Waals surface area contributed by atoms with Crippen molar-refractivity contribution in [2.24, 2.45) is 0 Å². The molecule has 0 bridgehead atoms. The zero-order chi connectivity index (χ0) is 15.2. The molecule has 3 rings (SSSR count). The van der Waals surface area contributed by atoms with Gasteiger partial charge in [-0.05, 0) is 41.0 Å². The molecule has 0 saturated carbocycles. The Balaban J connectivity index is 1.63. The summed E-state index contributed by atoms with van der Waals surface area (Å²) >= 11 is 1.38. The van der Waals surface area contributed by atoms with Crippen molar-refractivity contribution in [2.75, 3.05) is 11.1 Å². The molecule has 22 heavy (non-hydrogen) atoms. The lowest BCUT2D eigenvalue weighted by atomic mass is 10.3. The van der Waals surface area contributed by atoms with Crippen LogP contribution < -0.4 is 10.00 Å². The first-order valence-electron chi connectivity index (χ1n) is 6.81. The number of carbonyl (C=O) groups is 1. The number of hydrogen-bond acceptors (Lipinski definition) is 3. The van der Waals surface area contributed by atoms with E-state index in [2.05, 4.69) is 15.4 Å². The number of carbonyl (C=O) groups excluding carboxylic acids is 1. The minimum absolute atomic E-state index is 0.0567. The second kappa shape index (κ2) is 6.91. The zero-order valence-corrected chi connectivity index (χ0v) is 12.6. The molecule has 0 aliphatic carbocycles. The number of rotatable bonds is 5. The van der Waals surface area contributed by atoms with Crippen molar-refractivity contribution in [3.05, 3.63) is 67.0 Å². The molecule has 0 aliphatic rings. The van der Waals surface area contributed by atoms with Gasteiger partial charge in [0.15, 0.2) is 5.69 Å². The van der Waals surface area contributed by atoms with Gasteiger partial charge in [-0.2, -0.15) is 5.10 Å². The lowest BCUT2D eigenvalue weighted by molar-refractivity contribution is -0.694. The highest BCUT2D eigenvalue weighted by molar-refractivity contribution is 7.99. The molecule has 2 N–H and O–H groups in total. The van der Waals surface area contributed by atoms with Crippen LogP contribution in [0.5, 0.6) is 0 Å². The minimum atomic E-state index is -0.0567. The van der Waals surface area contributed by atoms with Crippen LogP contribution in [0.25, 0.3) is 5.69 Å². The molecule has 0 fully saturated rings. The number of amides is 1. The number of H-pyrrole nitrogens is 1. The summed E-state index contributed by atoms with van der Waals surface area (Å²) in [5, 5.41) is 6.65. The van der Waals surface area contributed by atoms with Crippen molar-refractivity contribution >= 4 is 23.4 Å². The Kier molecular flexibility index (Phi) is 4.50. The summed E-state index contributed by atoms with van der Waals surface area (Å²) in [6, 6.07) is 19.2. The third-order valence-electron chi connectivity index (χ3n) is 2.96. The fourth-order valence-corrected chi connectivity index (χ4v) is 2.71. The molecular formula is C16H15N4OS+. The third kappa shape index (κ3) is 3.53. The van der Waals surface area contributed by atoms with Crippen LogP contribution in [0.4, 0.5) is 5.69 Å². The lowest BCUT2D eigenvalue weighted by Gasteiger charge is -2.03. The third-order valence-corrected chi connectivity index (χ3v) is 3.91. The van der Waals surface area contributed by atoms with Crippen LogP contribution in [-0.4, -0.2) is 21.7 Å².